The highest BCUT2D eigenvalue weighted by Gasteiger charge is 2.06. The summed E-state index contributed by atoms with van der Waals surface area (Å²) in [5, 5.41) is 17.3. The maximum atomic E-state index is 10.8. The number of anilines is 1. The molecule has 0 fully saturated rings. The molecule has 5 nitrogen and oxygen atoms in total. The van der Waals surface area contributed by atoms with E-state index in [2.05, 4.69) is 56.6 Å². The Balaban J connectivity index is 2.33. The van der Waals surface area contributed by atoms with Gasteiger partial charge in [0.25, 0.3) is 5.69 Å². The van der Waals surface area contributed by atoms with Gasteiger partial charge in [-0.2, -0.15) is 0 Å². The number of nitro benzene ring substituents is 1. The minimum absolute atomic E-state index is 0.0349. The van der Waals surface area contributed by atoms with Crippen LogP contribution in [0.15, 0.2) is 59.2 Å². The van der Waals surface area contributed by atoms with E-state index in [-0.39, 0.29) is 5.69 Å². The topological polar surface area (TPSA) is 67.2 Å². The first-order valence-electron chi connectivity index (χ1n) is 9.52. The fourth-order valence-electron chi connectivity index (χ4n) is 2.53. The molecule has 6 heteroatoms. The van der Waals surface area contributed by atoms with Crippen molar-refractivity contribution >= 4 is 28.7 Å². The Labute approximate surface area is 173 Å². The Kier molecular flexibility index (Phi) is 10.8. The summed E-state index contributed by atoms with van der Waals surface area (Å²) in [6.07, 6.45) is 11.0. The number of non-ortho nitro benzene ring substituents is 1. The van der Waals surface area contributed by atoms with E-state index in [1.165, 1.54) is 28.9 Å². The van der Waals surface area contributed by atoms with E-state index in [9.17, 15) is 10.1 Å². The zero-order chi connectivity index (χ0) is 20.9. The molecule has 0 aliphatic carbocycles. The molecule has 0 radical (unpaired) electrons. The van der Waals surface area contributed by atoms with Crippen molar-refractivity contribution in [2.24, 2.45) is 0 Å². The average molecular weight is 402 g/mol. The predicted octanol–water partition coefficient (Wildman–Crippen LogP) is 6.30. The number of benzene rings is 1. The maximum Gasteiger partial charge on any atom is 0.271 e. The Morgan fingerprint density at radius 2 is 1.71 bits per heavy atom. The second kappa shape index (κ2) is 12.8. The number of thiocarbonyl (C=S) groups is 1. The fraction of sp³-hybridized carbons (Fsp3) is 0.409. The number of allylic oxidation sites excluding steroid dienone is 5. The molecule has 0 amide bonds. The van der Waals surface area contributed by atoms with Crippen molar-refractivity contribution in [2.75, 3.05) is 11.9 Å². The van der Waals surface area contributed by atoms with Crippen molar-refractivity contribution < 1.29 is 4.92 Å². The van der Waals surface area contributed by atoms with E-state index in [1.54, 1.807) is 12.1 Å². The van der Waals surface area contributed by atoms with Gasteiger partial charge in [-0.05, 0) is 71.7 Å². The second-order valence-corrected chi connectivity index (χ2v) is 7.51. The van der Waals surface area contributed by atoms with Crippen molar-refractivity contribution in [1.29, 1.82) is 0 Å². The van der Waals surface area contributed by atoms with Gasteiger partial charge in [-0.1, -0.05) is 41.0 Å². The molecule has 0 unspecified atom stereocenters. The molecular formula is C22H31N3O2S. The number of nitrogens with zero attached hydrogens (tertiary/aromatic N) is 1. The quantitative estimate of drug-likeness (QED) is 0.208. The van der Waals surface area contributed by atoms with E-state index in [0.717, 1.165) is 25.7 Å². The van der Waals surface area contributed by atoms with Crippen LogP contribution in [-0.2, 0) is 0 Å². The molecule has 2 N–H and O–H groups in total. The summed E-state index contributed by atoms with van der Waals surface area (Å²) >= 11 is 5.24. The SMILES string of the molecule is CC(C)=CCC/C(C)=C/CC/C(C)=C/CNC(=S)Nc1cccc([N+](=O)[O-])c1. The molecule has 0 bridgehead atoms. The summed E-state index contributed by atoms with van der Waals surface area (Å²) in [6, 6.07) is 6.28. The molecule has 0 aromatic heterocycles. The molecule has 1 aromatic carbocycles. The van der Waals surface area contributed by atoms with Crippen molar-refractivity contribution in [2.45, 2.75) is 53.4 Å². The highest BCUT2D eigenvalue weighted by Crippen LogP contribution is 2.16. The van der Waals surface area contributed by atoms with Gasteiger partial charge in [-0.3, -0.25) is 10.1 Å². The van der Waals surface area contributed by atoms with Gasteiger partial charge < -0.3 is 10.6 Å². The number of nitro groups is 1. The standard InChI is InChI=1S/C22H31N3O2S/c1-17(2)8-5-9-18(3)10-6-11-19(4)14-15-23-22(28)24-20-12-7-13-21(16-20)25(26)27/h7-8,10,12-14,16H,5-6,9,11,15H2,1-4H3,(H2,23,24,28)/b18-10+,19-14+. The van der Waals surface area contributed by atoms with Crippen LogP contribution >= 0.6 is 12.2 Å². The van der Waals surface area contributed by atoms with Crippen molar-refractivity contribution in [3.05, 3.63) is 69.3 Å². The first-order chi connectivity index (χ1) is 13.3. The minimum Gasteiger partial charge on any atom is -0.359 e. The number of hydrogen-bond donors (Lipinski definition) is 2. The molecular weight excluding hydrogens is 370 g/mol. The molecule has 152 valence electrons. The summed E-state index contributed by atoms with van der Waals surface area (Å²) in [5.74, 6) is 0. The zero-order valence-electron chi connectivity index (χ0n) is 17.2. The van der Waals surface area contributed by atoms with Crippen LogP contribution in [-0.4, -0.2) is 16.6 Å². The van der Waals surface area contributed by atoms with Crippen molar-refractivity contribution in [3.63, 3.8) is 0 Å². The van der Waals surface area contributed by atoms with Crippen LogP contribution in [0.4, 0.5) is 11.4 Å². The lowest BCUT2D eigenvalue weighted by Crippen LogP contribution is -2.28. The maximum absolute atomic E-state index is 10.8. The average Bonchev–Trinajstić information content (AvgIpc) is 2.61. The molecule has 0 aliphatic heterocycles. The van der Waals surface area contributed by atoms with Gasteiger partial charge in [0.1, 0.15) is 0 Å². The van der Waals surface area contributed by atoms with Crippen LogP contribution in [0.3, 0.4) is 0 Å². The summed E-state index contributed by atoms with van der Waals surface area (Å²) in [7, 11) is 0. The summed E-state index contributed by atoms with van der Waals surface area (Å²) in [6.45, 7) is 9.19. The lowest BCUT2D eigenvalue weighted by molar-refractivity contribution is -0.384. The summed E-state index contributed by atoms with van der Waals surface area (Å²) < 4.78 is 0. The van der Waals surface area contributed by atoms with E-state index < -0.39 is 4.92 Å². The highest BCUT2D eigenvalue weighted by molar-refractivity contribution is 7.80. The Morgan fingerprint density at radius 1 is 1.07 bits per heavy atom. The van der Waals surface area contributed by atoms with Crippen LogP contribution in [0.25, 0.3) is 0 Å². The first kappa shape index (κ1) is 23.6. The molecule has 0 saturated heterocycles. The molecule has 0 aliphatic rings. The highest BCUT2D eigenvalue weighted by atomic mass is 32.1. The zero-order valence-corrected chi connectivity index (χ0v) is 18.1. The lowest BCUT2D eigenvalue weighted by Gasteiger charge is -2.09. The van der Waals surface area contributed by atoms with E-state index >= 15 is 0 Å². The third-order valence-electron chi connectivity index (χ3n) is 4.15. The molecule has 1 aromatic rings. The second-order valence-electron chi connectivity index (χ2n) is 7.10. The van der Waals surface area contributed by atoms with Gasteiger partial charge in [-0.15, -0.1) is 0 Å². The molecule has 0 heterocycles. The van der Waals surface area contributed by atoms with E-state index in [1.807, 2.05) is 0 Å². The van der Waals surface area contributed by atoms with Gasteiger partial charge >= 0.3 is 0 Å². The molecule has 1 rings (SSSR count). The van der Waals surface area contributed by atoms with Gasteiger partial charge in [0.15, 0.2) is 5.11 Å². The van der Waals surface area contributed by atoms with E-state index in [4.69, 9.17) is 12.2 Å². The Hall–Kier alpha value is -2.47. The van der Waals surface area contributed by atoms with E-state index in [0.29, 0.717) is 17.3 Å². The van der Waals surface area contributed by atoms with Crippen LogP contribution in [0, 0.1) is 10.1 Å². The number of rotatable bonds is 10. The van der Waals surface area contributed by atoms with Crippen LogP contribution in [0.2, 0.25) is 0 Å². The van der Waals surface area contributed by atoms with Crippen molar-refractivity contribution in [1.82, 2.24) is 5.32 Å². The molecule has 0 atom stereocenters. The minimum atomic E-state index is -0.425. The lowest BCUT2D eigenvalue weighted by atomic mass is 10.1. The third-order valence-corrected chi connectivity index (χ3v) is 4.40. The summed E-state index contributed by atoms with van der Waals surface area (Å²) in [5.41, 5.74) is 4.75. The molecule has 28 heavy (non-hydrogen) atoms. The monoisotopic (exact) mass is 401 g/mol. The first-order valence-corrected chi connectivity index (χ1v) is 9.92. The van der Waals surface area contributed by atoms with Gasteiger partial charge in [0.05, 0.1) is 4.92 Å². The Morgan fingerprint density at radius 3 is 2.36 bits per heavy atom. The van der Waals surface area contributed by atoms with Crippen LogP contribution < -0.4 is 10.6 Å². The van der Waals surface area contributed by atoms with Gasteiger partial charge in [0.2, 0.25) is 0 Å². The number of hydrogen-bond acceptors (Lipinski definition) is 3. The predicted molar refractivity (Wildman–Crippen MR) is 123 cm³/mol. The Bertz CT molecular complexity index is 763. The van der Waals surface area contributed by atoms with Crippen molar-refractivity contribution in [3.8, 4) is 0 Å². The number of nitrogens with one attached hydrogen (secondary N) is 2. The fourth-order valence-corrected chi connectivity index (χ4v) is 2.73. The third kappa shape index (κ3) is 10.6. The molecule has 0 saturated carbocycles. The normalized spacial score (nSPS) is 11.7. The summed E-state index contributed by atoms with van der Waals surface area (Å²) in [4.78, 5) is 10.4. The van der Waals surface area contributed by atoms with Crippen LogP contribution in [0.1, 0.15) is 53.4 Å². The van der Waals surface area contributed by atoms with Crippen LogP contribution in [0.5, 0.6) is 0 Å². The van der Waals surface area contributed by atoms with Gasteiger partial charge in [0, 0.05) is 24.4 Å². The smallest absolute Gasteiger partial charge is 0.271 e. The molecule has 0 spiro atoms. The van der Waals surface area contributed by atoms with Gasteiger partial charge in [-0.25, -0.2) is 0 Å². The largest absolute Gasteiger partial charge is 0.359 e.